The summed E-state index contributed by atoms with van der Waals surface area (Å²) in [5.74, 6) is 2.85. The molecule has 84 valence electrons. The molecule has 0 spiro atoms. The highest BCUT2D eigenvalue weighted by Gasteiger charge is 1.95. The normalized spacial score (nSPS) is 10.3. The maximum atomic E-state index is 8.58. The van der Waals surface area contributed by atoms with E-state index in [1.807, 2.05) is 17.8 Å². The van der Waals surface area contributed by atoms with Gasteiger partial charge in [-0.1, -0.05) is 0 Å². The van der Waals surface area contributed by atoms with Gasteiger partial charge in [0.25, 0.3) is 0 Å². The Morgan fingerprint density at radius 3 is 3.00 bits per heavy atom. The number of aromatic nitrogens is 2. The first-order valence-electron chi connectivity index (χ1n) is 4.73. The Hall–Kier alpha value is -0.330. The summed E-state index contributed by atoms with van der Waals surface area (Å²) in [5, 5.41) is 11.8. The Balaban J connectivity index is 2.10. The predicted octanol–water partition coefficient (Wildman–Crippen LogP) is 1.77. The number of rotatable bonds is 7. The molecule has 0 aromatic carbocycles. The van der Waals surface area contributed by atoms with Crippen LogP contribution in [0.2, 0.25) is 0 Å². The molecule has 0 aliphatic rings. The number of aliphatic hydroxyl groups excluding tert-OH is 1. The number of thioether (sulfide) groups is 1. The standard InChI is InChI=1S/C9H14BrN3OS/c10-8-6-9(13-7-12-8)11-2-5-15-4-1-3-14/h6-7,14H,1-5H2,(H,11,12,13). The molecule has 1 aromatic heterocycles. The molecule has 1 aromatic rings. The summed E-state index contributed by atoms with van der Waals surface area (Å²) in [6.45, 7) is 1.15. The third-order valence-electron chi connectivity index (χ3n) is 1.63. The van der Waals surface area contributed by atoms with Gasteiger partial charge in [-0.05, 0) is 28.1 Å². The number of nitrogens with zero attached hydrogens (tertiary/aromatic N) is 2. The molecule has 4 nitrogen and oxygen atoms in total. The molecule has 0 fully saturated rings. The number of hydrogen-bond acceptors (Lipinski definition) is 5. The summed E-state index contributed by atoms with van der Waals surface area (Å²) >= 11 is 5.10. The zero-order valence-electron chi connectivity index (χ0n) is 8.32. The van der Waals surface area contributed by atoms with E-state index in [9.17, 15) is 0 Å². The van der Waals surface area contributed by atoms with Crippen LogP contribution in [0.5, 0.6) is 0 Å². The van der Waals surface area contributed by atoms with Gasteiger partial charge >= 0.3 is 0 Å². The van der Waals surface area contributed by atoms with Gasteiger partial charge in [-0.2, -0.15) is 11.8 Å². The molecule has 0 aliphatic carbocycles. The molecule has 15 heavy (non-hydrogen) atoms. The van der Waals surface area contributed by atoms with Crippen molar-refractivity contribution in [1.82, 2.24) is 9.97 Å². The van der Waals surface area contributed by atoms with Crippen LogP contribution in [0.15, 0.2) is 17.0 Å². The summed E-state index contributed by atoms with van der Waals surface area (Å²) in [6, 6.07) is 1.85. The second kappa shape index (κ2) is 7.90. The van der Waals surface area contributed by atoms with E-state index in [-0.39, 0.29) is 6.61 Å². The molecule has 0 bridgehead atoms. The number of aliphatic hydroxyl groups is 1. The molecule has 0 unspecified atom stereocenters. The molecule has 6 heteroatoms. The van der Waals surface area contributed by atoms with Crippen molar-refractivity contribution < 1.29 is 5.11 Å². The van der Waals surface area contributed by atoms with Crippen LogP contribution in [0.4, 0.5) is 5.82 Å². The third-order valence-corrected chi connectivity index (χ3v) is 3.14. The summed E-state index contributed by atoms with van der Waals surface area (Å²) < 4.78 is 0.785. The van der Waals surface area contributed by atoms with Crippen molar-refractivity contribution in [3.8, 4) is 0 Å². The molecule has 0 amide bonds. The van der Waals surface area contributed by atoms with Crippen LogP contribution in [-0.2, 0) is 0 Å². The first-order chi connectivity index (χ1) is 7.33. The van der Waals surface area contributed by atoms with E-state index in [0.717, 1.165) is 34.9 Å². The van der Waals surface area contributed by atoms with Crippen molar-refractivity contribution in [2.75, 3.05) is 30.0 Å². The summed E-state index contributed by atoms with van der Waals surface area (Å²) in [4.78, 5) is 8.01. The third kappa shape index (κ3) is 5.96. The topological polar surface area (TPSA) is 58.0 Å². The van der Waals surface area contributed by atoms with Crippen LogP contribution >= 0.6 is 27.7 Å². The SMILES string of the molecule is OCCCSCCNc1cc(Br)ncn1. The lowest BCUT2D eigenvalue weighted by Crippen LogP contribution is -2.06. The van der Waals surface area contributed by atoms with Gasteiger partial charge in [-0.15, -0.1) is 0 Å². The molecular formula is C9H14BrN3OS. The van der Waals surface area contributed by atoms with Crippen molar-refractivity contribution >= 4 is 33.5 Å². The molecule has 0 radical (unpaired) electrons. The van der Waals surface area contributed by atoms with Crippen molar-refractivity contribution in [2.45, 2.75) is 6.42 Å². The average Bonchev–Trinajstić information content (AvgIpc) is 2.23. The maximum Gasteiger partial charge on any atom is 0.130 e. The Labute approximate surface area is 102 Å². The lowest BCUT2D eigenvalue weighted by molar-refractivity contribution is 0.296. The lowest BCUT2D eigenvalue weighted by Gasteiger charge is -2.04. The van der Waals surface area contributed by atoms with Gasteiger partial charge in [0.1, 0.15) is 16.7 Å². The Morgan fingerprint density at radius 1 is 1.40 bits per heavy atom. The Morgan fingerprint density at radius 2 is 2.27 bits per heavy atom. The average molecular weight is 292 g/mol. The molecule has 2 N–H and O–H groups in total. The first-order valence-corrected chi connectivity index (χ1v) is 6.67. The molecule has 0 saturated carbocycles. The van der Waals surface area contributed by atoms with Crippen LogP contribution in [0.1, 0.15) is 6.42 Å². The monoisotopic (exact) mass is 291 g/mol. The van der Waals surface area contributed by atoms with E-state index >= 15 is 0 Å². The van der Waals surface area contributed by atoms with Crippen molar-refractivity contribution in [3.05, 3.63) is 17.0 Å². The highest BCUT2D eigenvalue weighted by Crippen LogP contribution is 2.09. The second-order valence-electron chi connectivity index (χ2n) is 2.84. The van der Waals surface area contributed by atoms with Crippen molar-refractivity contribution in [3.63, 3.8) is 0 Å². The van der Waals surface area contributed by atoms with Gasteiger partial charge in [-0.3, -0.25) is 0 Å². The second-order valence-corrected chi connectivity index (χ2v) is 4.88. The van der Waals surface area contributed by atoms with Gasteiger partial charge in [0.2, 0.25) is 0 Å². The van der Waals surface area contributed by atoms with Crippen LogP contribution in [0.3, 0.4) is 0 Å². The summed E-state index contributed by atoms with van der Waals surface area (Å²) in [5.41, 5.74) is 0. The first kappa shape index (κ1) is 12.7. The molecular weight excluding hydrogens is 278 g/mol. The minimum absolute atomic E-state index is 0.277. The quantitative estimate of drug-likeness (QED) is 0.592. The number of nitrogens with one attached hydrogen (secondary N) is 1. The molecule has 0 aliphatic heterocycles. The fraction of sp³-hybridized carbons (Fsp3) is 0.556. The Kier molecular flexibility index (Phi) is 6.71. The van der Waals surface area contributed by atoms with Gasteiger partial charge in [0.15, 0.2) is 0 Å². The largest absolute Gasteiger partial charge is 0.396 e. The molecule has 1 rings (SSSR count). The number of hydrogen-bond donors (Lipinski definition) is 2. The van der Waals surface area contributed by atoms with E-state index in [2.05, 4.69) is 31.2 Å². The van der Waals surface area contributed by atoms with Crippen LogP contribution < -0.4 is 5.32 Å². The minimum Gasteiger partial charge on any atom is -0.396 e. The van der Waals surface area contributed by atoms with Gasteiger partial charge in [0.05, 0.1) is 0 Å². The van der Waals surface area contributed by atoms with Crippen molar-refractivity contribution in [1.29, 1.82) is 0 Å². The van der Waals surface area contributed by atoms with Crippen LogP contribution in [0.25, 0.3) is 0 Å². The zero-order chi connectivity index (χ0) is 10.9. The fourth-order valence-corrected chi connectivity index (χ4v) is 2.04. The van der Waals surface area contributed by atoms with Gasteiger partial charge in [0, 0.05) is 25.0 Å². The highest BCUT2D eigenvalue weighted by atomic mass is 79.9. The van der Waals surface area contributed by atoms with E-state index in [1.165, 1.54) is 6.33 Å². The lowest BCUT2D eigenvalue weighted by atomic mass is 10.5. The zero-order valence-corrected chi connectivity index (χ0v) is 10.7. The molecule has 0 saturated heterocycles. The van der Waals surface area contributed by atoms with E-state index in [4.69, 9.17) is 5.11 Å². The van der Waals surface area contributed by atoms with E-state index < -0.39 is 0 Å². The minimum atomic E-state index is 0.277. The summed E-state index contributed by atoms with van der Waals surface area (Å²) in [7, 11) is 0. The smallest absolute Gasteiger partial charge is 0.130 e. The van der Waals surface area contributed by atoms with Crippen LogP contribution in [-0.4, -0.2) is 39.7 Å². The summed E-state index contributed by atoms with van der Waals surface area (Å²) in [6.07, 6.45) is 2.38. The highest BCUT2D eigenvalue weighted by molar-refractivity contribution is 9.10. The maximum absolute atomic E-state index is 8.58. The number of anilines is 1. The van der Waals surface area contributed by atoms with Crippen molar-refractivity contribution in [2.24, 2.45) is 0 Å². The number of halogens is 1. The van der Waals surface area contributed by atoms with Gasteiger partial charge < -0.3 is 10.4 Å². The van der Waals surface area contributed by atoms with E-state index in [0.29, 0.717) is 0 Å². The molecule has 1 heterocycles. The van der Waals surface area contributed by atoms with Gasteiger partial charge in [-0.25, -0.2) is 9.97 Å². The van der Waals surface area contributed by atoms with E-state index in [1.54, 1.807) is 0 Å². The molecule has 0 atom stereocenters. The fourth-order valence-electron chi connectivity index (χ4n) is 0.950. The van der Waals surface area contributed by atoms with Crippen LogP contribution in [0, 0.1) is 0 Å². The Bertz CT molecular complexity index is 288. The predicted molar refractivity (Wildman–Crippen MR) is 67.2 cm³/mol.